The molecule has 0 saturated heterocycles. The van der Waals surface area contributed by atoms with E-state index in [0.29, 0.717) is 17.1 Å². The van der Waals surface area contributed by atoms with Gasteiger partial charge < -0.3 is 9.72 Å². The third kappa shape index (κ3) is 4.51. The number of hydrogen-bond donors (Lipinski definition) is 1. The zero-order valence-electron chi connectivity index (χ0n) is 14.3. The predicted molar refractivity (Wildman–Crippen MR) is 101 cm³/mol. The van der Waals surface area contributed by atoms with Gasteiger partial charge in [0.1, 0.15) is 5.75 Å². The number of thioether (sulfide) groups is 1. The minimum atomic E-state index is -0.0705. The zero-order chi connectivity index (χ0) is 17.6. The first kappa shape index (κ1) is 17.3. The van der Waals surface area contributed by atoms with E-state index in [4.69, 9.17) is 4.74 Å². The normalized spacial score (nSPS) is 10.6. The Bertz CT molecular complexity index is 890. The van der Waals surface area contributed by atoms with Crippen molar-refractivity contribution in [2.75, 3.05) is 7.11 Å². The summed E-state index contributed by atoms with van der Waals surface area (Å²) >= 11 is 1.54. The van der Waals surface area contributed by atoms with Gasteiger partial charge in [-0.25, -0.2) is 4.98 Å². The van der Waals surface area contributed by atoms with E-state index < -0.39 is 0 Å². The monoisotopic (exact) mass is 352 g/mol. The topological polar surface area (TPSA) is 55.0 Å². The van der Waals surface area contributed by atoms with Crippen molar-refractivity contribution in [1.29, 1.82) is 0 Å². The lowest BCUT2D eigenvalue weighted by Gasteiger charge is -2.08. The Morgan fingerprint density at radius 2 is 1.76 bits per heavy atom. The van der Waals surface area contributed by atoms with Crippen LogP contribution in [0.2, 0.25) is 0 Å². The average Bonchev–Trinajstić information content (AvgIpc) is 2.64. The van der Waals surface area contributed by atoms with Crippen LogP contribution in [-0.2, 0) is 12.2 Å². The maximum Gasteiger partial charge on any atom is 0.255 e. The maximum atomic E-state index is 12.5. The fourth-order valence-corrected chi connectivity index (χ4v) is 3.40. The number of aromatic nitrogens is 2. The van der Waals surface area contributed by atoms with Gasteiger partial charge in [0.05, 0.1) is 7.11 Å². The summed E-state index contributed by atoms with van der Waals surface area (Å²) < 4.78 is 5.16. The molecule has 4 nitrogen and oxygen atoms in total. The Balaban J connectivity index is 1.74. The lowest BCUT2D eigenvalue weighted by Crippen LogP contribution is -2.17. The maximum absolute atomic E-state index is 12.5. The average molecular weight is 352 g/mol. The molecule has 3 aromatic rings. The van der Waals surface area contributed by atoms with Gasteiger partial charge in [-0.1, -0.05) is 54.2 Å². The van der Waals surface area contributed by atoms with Crippen molar-refractivity contribution in [3.05, 3.63) is 87.3 Å². The minimum Gasteiger partial charge on any atom is -0.497 e. The van der Waals surface area contributed by atoms with Gasteiger partial charge >= 0.3 is 0 Å². The highest BCUT2D eigenvalue weighted by molar-refractivity contribution is 7.98. The third-order valence-electron chi connectivity index (χ3n) is 3.96. The number of methoxy groups -OCH3 is 1. The third-order valence-corrected chi connectivity index (χ3v) is 4.90. The highest BCUT2D eigenvalue weighted by Crippen LogP contribution is 2.20. The number of aromatic amines is 1. The molecule has 0 aliphatic carbocycles. The van der Waals surface area contributed by atoms with E-state index in [-0.39, 0.29) is 5.56 Å². The molecule has 0 bridgehead atoms. The molecule has 0 aliphatic rings. The van der Waals surface area contributed by atoms with E-state index in [0.717, 1.165) is 22.8 Å². The number of rotatable bonds is 6. The molecule has 128 valence electrons. The van der Waals surface area contributed by atoms with Crippen LogP contribution in [0.4, 0.5) is 0 Å². The van der Waals surface area contributed by atoms with Crippen LogP contribution in [0.5, 0.6) is 5.75 Å². The molecule has 3 rings (SSSR count). The van der Waals surface area contributed by atoms with Gasteiger partial charge in [0.15, 0.2) is 5.16 Å². The standard InChI is InChI=1S/C20H20N2O2S/c1-14-18(12-15-8-10-17(24-2)11-9-15)19(23)22-20(21-14)25-13-16-6-4-3-5-7-16/h3-11H,12-13H2,1-2H3,(H,21,22,23). The second-order valence-electron chi connectivity index (χ2n) is 5.73. The van der Waals surface area contributed by atoms with Crippen molar-refractivity contribution < 1.29 is 4.74 Å². The summed E-state index contributed by atoms with van der Waals surface area (Å²) in [5, 5.41) is 0.657. The van der Waals surface area contributed by atoms with Crippen molar-refractivity contribution in [2.24, 2.45) is 0 Å². The van der Waals surface area contributed by atoms with Crippen molar-refractivity contribution in [3.63, 3.8) is 0 Å². The van der Waals surface area contributed by atoms with Gasteiger partial charge in [-0.3, -0.25) is 4.79 Å². The molecular weight excluding hydrogens is 332 g/mol. The minimum absolute atomic E-state index is 0.0705. The van der Waals surface area contributed by atoms with Crippen LogP contribution in [0.25, 0.3) is 0 Å². The Morgan fingerprint density at radius 3 is 2.40 bits per heavy atom. The lowest BCUT2D eigenvalue weighted by atomic mass is 10.1. The van der Waals surface area contributed by atoms with Crippen LogP contribution in [0.3, 0.4) is 0 Å². The van der Waals surface area contributed by atoms with Gasteiger partial charge in [-0.2, -0.15) is 0 Å². The van der Waals surface area contributed by atoms with E-state index in [1.165, 1.54) is 17.3 Å². The van der Waals surface area contributed by atoms with E-state index in [1.54, 1.807) is 7.11 Å². The first-order valence-electron chi connectivity index (χ1n) is 8.05. The van der Waals surface area contributed by atoms with Gasteiger partial charge in [0.2, 0.25) is 0 Å². The zero-order valence-corrected chi connectivity index (χ0v) is 15.1. The van der Waals surface area contributed by atoms with Crippen molar-refractivity contribution >= 4 is 11.8 Å². The number of hydrogen-bond acceptors (Lipinski definition) is 4. The fourth-order valence-electron chi connectivity index (χ4n) is 2.53. The molecule has 1 aromatic heterocycles. The predicted octanol–water partition coefficient (Wildman–Crippen LogP) is 3.97. The van der Waals surface area contributed by atoms with Crippen molar-refractivity contribution in [1.82, 2.24) is 9.97 Å². The van der Waals surface area contributed by atoms with Gasteiger partial charge in [-0.05, 0) is 30.2 Å². The summed E-state index contributed by atoms with van der Waals surface area (Å²) in [6, 6.07) is 17.9. The number of ether oxygens (including phenoxy) is 1. The summed E-state index contributed by atoms with van der Waals surface area (Å²) in [5.41, 5.74) is 3.67. The van der Waals surface area contributed by atoms with E-state index in [2.05, 4.69) is 22.1 Å². The molecule has 0 unspecified atom stereocenters. The molecule has 0 fully saturated rings. The molecule has 0 atom stereocenters. The van der Waals surface area contributed by atoms with Crippen LogP contribution in [0, 0.1) is 6.92 Å². The molecule has 25 heavy (non-hydrogen) atoms. The Hall–Kier alpha value is -2.53. The quantitative estimate of drug-likeness (QED) is 0.539. The van der Waals surface area contributed by atoms with Crippen molar-refractivity contribution in [2.45, 2.75) is 24.3 Å². The van der Waals surface area contributed by atoms with E-state index in [1.807, 2.05) is 49.4 Å². The van der Waals surface area contributed by atoms with Gasteiger partial charge in [0.25, 0.3) is 5.56 Å². The summed E-state index contributed by atoms with van der Waals surface area (Å²) in [7, 11) is 1.64. The Morgan fingerprint density at radius 1 is 1.04 bits per heavy atom. The smallest absolute Gasteiger partial charge is 0.255 e. The number of benzene rings is 2. The second kappa shape index (κ2) is 8.03. The highest BCUT2D eigenvalue weighted by atomic mass is 32.2. The van der Waals surface area contributed by atoms with Crippen LogP contribution < -0.4 is 10.3 Å². The molecule has 1 heterocycles. The SMILES string of the molecule is COc1ccc(Cc2c(C)nc(SCc3ccccc3)[nH]c2=O)cc1. The molecule has 0 amide bonds. The van der Waals surface area contributed by atoms with Gasteiger partial charge in [-0.15, -0.1) is 0 Å². The van der Waals surface area contributed by atoms with E-state index >= 15 is 0 Å². The summed E-state index contributed by atoms with van der Waals surface area (Å²) in [5.74, 6) is 1.58. The molecule has 5 heteroatoms. The molecule has 1 N–H and O–H groups in total. The molecular formula is C20H20N2O2S. The van der Waals surface area contributed by atoms with Crippen LogP contribution in [0.1, 0.15) is 22.4 Å². The molecule has 0 radical (unpaired) electrons. The number of aryl methyl sites for hydroxylation is 1. The second-order valence-corrected chi connectivity index (χ2v) is 6.70. The molecule has 0 saturated carbocycles. The summed E-state index contributed by atoms with van der Waals surface area (Å²) in [6.07, 6.45) is 0.557. The number of nitrogens with zero attached hydrogens (tertiary/aromatic N) is 1. The highest BCUT2D eigenvalue weighted by Gasteiger charge is 2.10. The molecule has 2 aromatic carbocycles. The van der Waals surface area contributed by atoms with Crippen LogP contribution in [-0.4, -0.2) is 17.1 Å². The van der Waals surface area contributed by atoms with E-state index in [9.17, 15) is 4.79 Å². The number of H-pyrrole nitrogens is 1. The lowest BCUT2D eigenvalue weighted by molar-refractivity contribution is 0.414. The molecule has 0 aliphatic heterocycles. The number of nitrogens with one attached hydrogen (secondary N) is 1. The largest absolute Gasteiger partial charge is 0.497 e. The summed E-state index contributed by atoms with van der Waals surface area (Å²) in [6.45, 7) is 1.89. The van der Waals surface area contributed by atoms with Gasteiger partial charge in [0, 0.05) is 23.4 Å². The summed E-state index contributed by atoms with van der Waals surface area (Å²) in [4.78, 5) is 19.9. The van der Waals surface area contributed by atoms with Crippen molar-refractivity contribution in [3.8, 4) is 5.75 Å². The Labute approximate surface area is 151 Å². The fraction of sp³-hybridized carbons (Fsp3) is 0.200. The molecule has 0 spiro atoms. The first-order chi connectivity index (χ1) is 12.2. The first-order valence-corrected chi connectivity index (χ1v) is 9.03. The Kier molecular flexibility index (Phi) is 5.56. The van der Waals surface area contributed by atoms with Crippen LogP contribution >= 0.6 is 11.8 Å². The van der Waals surface area contributed by atoms with Crippen LogP contribution in [0.15, 0.2) is 64.5 Å².